The van der Waals surface area contributed by atoms with Crippen molar-refractivity contribution in [1.82, 2.24) is 24.9 Å². The van der Waals surface area contributed by atoms with Gasteiger partial charge in [-0.1, -0.05) is 28.5 Å². The summed E-state index contributed by atoms with van der Waals surface area (Å²) in [6.45, 7) is 1.49. The van der Waals surface area contributed by atoms with E-state index in [4.69, 9.17) is 25.6 Å². The van der Waals surface area contributed by atoms with Crippen LogP contribution in [-0.2, 0) is 17.0 Å². The third-order valence-electron chi connectivity index (χ3n) is 5.37. The lowest BCUT2D eigenvalue weighted by molar-refractivity contribution is 0.0953. The average molecular weight is 484 g/mol. The molecule has 33 heavy (non-hydrogen) atoms. The van der Waals surface area contributed by atoms with E-state index in [2.05, 4.69) is 24.9 Å². The van der Waals surface area contributed by atoms with Gasteiger partial charge in [-0.25, -0.2) is 0 Å². The largest absolute Gasteiger partial charge is 0.497 e. The van der Waals surface area contributed by atoms with Crippen LogP contribution in [0.1, 0.15) is 18.7 Å². The van der Waals surface area contributed by atoms with E-state index in [0.29, 0.717) is 29.0 Å². The van der Waals surface area contributed by atoms with Crippen LogP contribution >= 0.6 is 23.4 Å². The van der Waals surface area contributed by atoms with E-state index in [0.717, 1.165) is 47.3 Å². The Hall–Kier alpha value is -2.88. The maximum Gasteiger partial charge on any atom is 0.237 e. The first-order chi connectivity index (χ1) is 16.2. The molecule has 10 heteroatoms. The minimum absolute atomic E-state index is 0.150. The van der Waals surface area contributed by atoms with Gasteiger partial charge in [-0.2, -0.15) is 4.98 Å². The van der Waals surface area contributed by atoms with E-state index in [9.17, 15) is 0 Å². The normalized spacial score (nSPS) is 15.8. The summed E-state index contributed by atoms with van der Waals surface area (Å²) in [6, 6.07) is 15.1. The van der Waals surface area contributed by atoms with Crippen molar-refractivity contribution in [3.63, 3.8) is 0 Å². The zero-order chi connectivity index (χ0) is 22.6. The lowest BCUT2D eigenvalue weighted by Crippen LogP contribution is -2.16. The van der Waals surface area contributed by atoms with Gasteiger partial charge >= 0.3 is 0 Å². The SMILES string of the molecule is COc1ccc(-c2nnc(SCc3nc(-c4ccc(Cl)cc4)no3)n2CC2CCCO2)cc1. The van der Waals surface area contributed by atoms with E-state index in [1.165, 1.54) is 11.8 Å². The molecule has 1 saturated heterocycles. The summed E-state index contributed by atoms with van der Waals surface area (Å²) < 4.78 is 18.7. The molecular formula is C23H22ClN5O3S. The number of methoxy groups -OCH3 is 1. The Morgan fingerprint density at radius 1 is 1.09 bits per heavy atom. The van der Waals surface area contributed by atoms with Crippen LogP contribution in [0.25, 0.3) is 22.8 Å². The summed E-state index contributed by atoms with van der Waals surface area (Å²) in [5.74, 6) is 3.12. The van der Waals surface area contributed by atoms with E-state index >= 15 is 0 Å². The quantitative estimate of drug-likeness (QED) is 0.319. The zero-order valence-corrected chi connectivity index (χ0v) is 19.6. The molecule has 5 rings (SSSR count). The van der Waals surface area contributed by atoms with E-state index in [1.54, 1.807) is 19.2 Å². The second kappa shape index (κ2) is 9.94. The fourth-order valence-electron chi connectivity index (χ4n) is 3.66. The molecule has 4 aromatic rings. The molecule has 2 aromatic heterocycles. The molecule has 1 fully saturated rings. The van der Waals surface area contributed by atoms with E-state index in [1.807, 2.05) is 36.4 Å². The molecule has 0 spiro atoms. The summed E-state index contributed by atoms with van der Waals surface area (Å²) in [6.07, 6.45) is 2.25. The second-order valence-electron chi connectivity index (χ2n) is 7.59. The van der Waals surface area contributed by atoms with E-state index in [-0.39, 0.29) is 6.10 Å². The summed E-state index contributed by atoms with van der Waals surface area (Å²) >= 11 is 7.47. The number of aromatic nitrogens is 5. The molecule has 8 nitrogen and oxygen atoms in total. The molecule has 0 aliphatic carbocycles. The molecular weight excluding hydrogens is 462 g/mol. The van der Waals surface area contributed by atoms with Crippen molar-refractivity contribution in [2.24, 2.45) is 0 Å². The number of halogens is 1. The van der Waals surface area contributed by atoms with Gasteiger partial charge in [-0.3, -0.25) is 4.57 Å². The monoisotopic (exact) mass is 483 g/mol. The van der Waals surface area contributed by atoms with Crippen LogP contribution in [-0.4, -0.2) is 44.7 Å². The summed E-state index contributed by atoms with van der Waals surface area (Å²) in [7, 11) is 1.65. The molecule has 0 radical (unpaired) electrons. The van der Waals surface area contributed by atoms with Gasteiger partial charge in [0, 0.05) is 22.8 Å². The Morgan fingerprint density at radius 2 is 1.88 bits per heavy atom. The first-order valence-electron chi connectivity index (χ1n) is 10.6. The van der Waals surface area contributed by atoms with Gasteiger partial charge in [0.15, 0.2) is 11.0 Å². The standard InChI is InChI=1S/C23H22ClN5O3S/c1-30-18-10-6-16(7-11-18)22-26-27-23(29(22)13-19-3-2-12-31-19)33-14-20-25-21(28-32-20)15-4-8-17(24)9-5-15/h4-11,19H,2-3,12-14H2,1H3. The highest BCUT2D eigenvalue weighted by molar-refractivity contribution is 7.98. The summed E-state index contributed by atoms with van der Waals surface area (Å²) in [4.78, 5) is 4.50. The maximum atomic E-state index is 5.96. The molecule has 1 aliphatic rings. The van der Waals surface area contributed by atoms with Gasteiger partial charge in [0.05, 0.1) is 25.5 Å². The van der Waals surface area contributed by atoms with Crippen molar-refractivity contribution >= 4 is 23.4 Å². The van der Waals surface area contributed by atoms with E-state index < -0.39 is 0 Å². The zero-order valence-electron chi connectivity index (χ0n) is 18.0. The molecule has 3 heterocycles. The lowest BCUT2D eigenvalue weighted by Gasteiger charge is -2.14. The predicted molar refractivity (Wildman–Crippen MR) is 125 cm³/mol. The number of hydrogen-bond acceptors (Lipinski definition) is 8. The number of rotatable bonds is 8. The highest BCUT2D eigenvalue weighted by atomic mass is 35.5. The Bertz CT molecular complexity index is 1200. The first kappa shape index (κ1) is 21.9. The number of nitrogens with zero attached hydrogens (tertiary/aromatic N) is 5. The van der Waals surface area contributed by atoms with Crippen molar-refractivity contribution in [1.29, 1.82) is 0 Å². The van der Waals surface area contributed by atoms with Gasteiger partial charge in [0.25, 0.3) is 0 Å². The minimum atomic E-state index is 0.150. The molecule has 1 atom stereocenters. The maximum absolute atomic E-state index is 5.96. The van der Waals surface area contributed by atoms with Gasteiger partial charge in [-0.15, -0.1) is 10.2 Å². The van der Waals surface area contributed by atoms with Gasteiger partial charge < -0.3 is 14.0 Å². The number of hydrogen-bond donors (Lipinski definition) is 0. The third kappa shape index (κ3) is 5.05. The predicted octanol–water partition coefficient (Wildman–Crippen LogP) is 5.13. The highest BCUT2D eigenvalue weighted by Gasteiger charge is 2.22. The minimum Gasteiger partial charge on any atom is -0.497 e. The van der Waals surface area contributed by atoms with Crippen LogP contribution < -0.4 is 4.74 Å². The molecule has 1 aliphatic heterocycles. The molecule has 1 unspecified atom stereocenters. The van der Waals surface area contributed by atoms with Crippen LogP contribution in [0.3, 0.4) is 0 Å². The first-order valence-corrected chi connectivity index (χ1v) is 12.0. The lowest BCUT2D eigenvalue weighted by atomic mass is 10.2. The number of benzene rings is 2. The van der Waals surface area contributed by atoms with Crippen LogP contribution in [0.4, 0.5) is 0 Å². The molecule has 0 amide bonds. The van der Waals surface area contributed by atoms with Crippen LogP contribution in [0.5, 0.6) is 5.75 Å². The average Bonchev–Trinajstić information content (AvgIpc) is 3.61. The van der Waals surface area contributed by atoms with Crippen molar-refractivity contribution in [2.75, 3.05) is 13.7 Å². The fraction of sp³-hybridized carbons (Fsp3) is 0.304. The number of ether oxygens (including phenoxy) is 2. The third-order valence-corrected chi connectivity index (χ3v) is 6.57. The smallest absolute Gasteiger partial charge is 0.237 e. The Kier molecular flexibility index (Phi) is 6.61. The van der Waals surface area contributed by atoms with Crippen LogP contribution in [0.15, 0.2) is 58.2 Å². The molecule has 170 valence electrons. The summed E-state index contributed by atoms with van der Waals surface area (Å²) in [5.41, 5.74) is 1.82. The highest BCUT2D eigenvalue weighted by Crippen LogP contribution is 2.29. The Morgan fingerprint density at radius 3 is 2.61 bits per heavy atom. The molecule has 0 N–H and O–H groups in total. The van der Waals surface area contributed by atoms with Gasteiger partial charge in [0.2, 0.25) is 11.7 Å². The van der Waals surface area contributed by atoms with Gasteiger partial charge in [0.1, 0.15) is 5.75 Å². The van der Waals surface area contributed by atoms with Crippen molar-refractivity contribution in [3.8, 4) is 28.5 Å². The topological polar surface area (TPSA) is 88.1 Å². The number of thioether (sulfide) groups is 1. The van der Waals surface area contributed by atoms with Crippen LogP contribution in [0.2, 0.25) is 5.02 Å². The second-order valence-corrected chi connectivity index (χ2v) is 8.97. The Labute approximate surface area is 200 Å². The van der Waals surface area contributed by atoms with Crippen molar-refractivity contribution in [2.45, 2.75) is 36.4 Å². The van der Waals surface area contributed by atoms with Crippen molar-refractivity contribution in [3.05, 3.63) is 59.4 Å². The molecule has 0 saturated carbocycles. The molecule has 0 bridgehead atoms. The van der Waals surface area contributed by atoms with Gasteiger partial charge in [-0.05, 0) is 61.4 Å². The van der Waals surface area contributed by atoms with Crippen molar-refractivity contribution < 1.29 is 14.0 Å². The fourth-order valence-corrected chi connectivity index (χ4v) is 4.57. The molecule has 2 aromatic carbocycles. The summed E-state index contributed by atoms with van der Waals surface area (Å²) in [5, 5.41) is 14.5. The van der Waals surface area contributed by atoms with Crippen LogP contribution in [0, 0.1) is 0 Å². The Balaban J connectivity index is 1.36.